The van der Waals surface area contributed by atoms with Gasteiger partial charge in [0.1, 0.15) is 17.2 Å². The Balaban J connectivity index is 2.54. The predicted octanol–water partition coefficient (Wildman–Crippen LogP) is 3.36. The summed E-state index contributed by atoms with van der Waals surface area (Å²) in [5.74, 6) is 1.94. The van der Waals surface area contributed by atoms with Crippen LogP contribution >= 0.6 is 0 Å². The molecule has 0 spiro atoms. The summed E-state index contributed by atoms with van der Waals surface area (Å²) in [6.45, 7) is 6.13. The molecular formula is C14H18N2O2. The van der Waals surface area contributed by atoms with E-state index in [9.17, 15) is 0 Å². The highest BCUT2D eigenvalue weighted by Gasteiger charge is 2.15. The Hall–Kier alpha value is -1.97. The van der Waals surface area contributed by atoms with E-state index in [1.54, 1.807) is 7.11 Å². The minimum absolute atomic E-state index is 0.178. The summed E-state index contributed by atoms with van der Waals surface area (Å²) >= 11 is 0. The topological polar surface area (TPSA) is 61.3 Å². The molecule has 2 rings (SSSR count). The van der Waals surface area contributed by atoms with E-state index in [1.807, 2.05) is 19.1 Å². The van der Waals surface area contributed by atoms with Crippen molar-refractivity contribution in [1.29, 1.82) is 0 Å². The van der Waals surface area contributed by atoms with Crippen molar-refractivity contribution in [2.24, 2.45) is 0 Å². The number of nitrogen functional groups attached to an aromatic ring is 1. The molecule has 1 heterocycles. The number of oxazole rings is 1. The molecule has 0 amide bonds. The number of anilines is 1. The number of nitrogens with zero attached hydrogens (tertiary/aromatic N) is 1. The van der Waals surface area contributed by atoms with Gasteiger partial charge in [-0.05, 0) is 30.5 Å². The van der Waals surface area contributed by atoms with Gasteiger partial charge in [-0.3, -0.25) is 0 Å². The van der Waals surface area contributed by atoms with Crippen LogP contribution in [0.5, 0.6) is 5.75 Å². The van der Waals surface area contributed by atoms with Crippen LogP contribution in [-0.2, 0) is 0 Å². The number of ether oxygens (including phenoxy) is 1. The van der Waals surface area contributed by atoms with Crippen LogP contribution < -0.4 is 10.5 Å². The fourth-order valence-electron chi connectivity index (χ4n) is 1.93. The lowest BCUT2D eigenvalue weighted by molar-refractivity contribution is 0.415. The van der Waals surface area contributed by atoms with E-state index in [2.05, 4.69) is 24.9 Å². The van der Waals surface area contributed by atoms with E-state index in [-0.39, 0.29) is 6.01 Å². The highest BCUT2D eigenvalue weighted by atomic mass is 16.5. The fourth-order valence-corrected chi connectivity index (χ4v) is 1.93. The molecule has 0 saturated heterocycles. The second kappa shape index (κ2) is 4.72. The van der Waals surface area contributed by atoms with Crippen LogP contribution in [0.15, 0.2) is 22.6 Å². The van der Waals surface area contributed by atoms with Crippen LogP contribution in [0.25, 0.3) is 11.3 Å². The summed E-state index contributed by atoms with van der Waals surface area (Å²) in [6, 6.07) is 6.28. The first kappa shape index (κ1) is 12.5. The summed E-state index contributed by atoms with van der Waals surface area (Å²) < 4.78 is 10.7. The summed E-state index contributed by atoms with van der Waals surface area (Å²) in [5, 5.41) is 0. The van der Waals surface area contributed by atoms with Gasteiger partial charge in [0.25, 0.3) is 6.01 Å². The average Bonchev–Trinajstić information content (AvgIpc) is 2.67. The highest BCUT2D eigenvalue weighted by molar-refractivity contribution is 5.70. The lowest BCUT2D eigenvalue weighted by Crippen LogP contribution is -1.94. The number of nitrogens with two attached hydrogens (primary N) is 1. The highest BCUT2D eigenvalue weighted by Crippen LogP contribution is 2.34. The molecule has 0 fully saturated rings. The molecule has 4 nitrogen and oxygen atoms in total. The minimum Gasteiger partial charge on any atom is -0.496 e. The zero-order valence-electron chi connectivity index (χ0n) is 11.2. The third kappa shape index (κ3) is 2.18. The molecule has 18 heavy (non-hydrogen) atoms. The van der Waals surface area contributed by atoms with E-state index < -0.39 is 0 Å². The molecule has 0 saturated carbocycles. The third-order valence-corrected chi connectivity index (χ3v) is 2.96. The van der Waals surface area contributed by atoms with E-state index in [1.165, 1.54) is 5.56 Å². The fraction of sp³-hybridized carbons (Fsp3) is 0.357. The van der Waals surface area contributed by atoms with Crippen LogP contribution in [0.3, 0.4) is 0 Å². The maximum atomic E-state index is 5.57. The van der Waals surface area contributed by atoms with Gasteiger partial charge in [0, 0.05) is 5.56 Å². The maximum absolute atomic E-state index is 5.57. The van der Waals surface area contributed by atoms with Crippen molar-refractivity contribution < 1.29 is 9.15 Å². The zero-order valence-corrected chi connectivity index (χ0v) is 11.2. The zero-order chi connectivity index (χ0) is 13.3. The maximum Gasteiger partial charge on any atom is 0.292 e. The molecule has 1 aromatic heterocycles. The number of aromatic nitrogens is 1. The van der Waals surface area contributed by atoms with Crippen LogP contribution in [0.1, 0.15) is 31.1 Å². The van der Waals surface area contributed by atoms with Crippen LogP contribution in [0.2, 0.25) is 0 Å². The normalized spacial score (nSPS) is 10.9. The average molecular weight is 246 g/mol. The smallest absolute Gasteiger partial charge is 0.292 e. The Labute approximate surface area is 107 Å². The SMILES string of the molecule is COc1cc(C(C)C)ccc1-c1nc(N)oc1C. The molecule has 0 aliphatic heterocycles. The van der Waals surface area contributed by atoms with Crippen molar-refractivity contribution in [3.63, 3.8) is 0 Å². The number of benzene rings is 1. The van der Waals surface area contributed by atoms with Crippen molar-refractivity contribution in [3.8, 4) is 17.0 Å². The second-order valence-electron chi connectivity index (χ2n) is 4.57. The lowest BCUT2D eigenvalue weighted by atomic mass is 9.99. The van der Waals surface area contributed by atoms with E-state index in [0.717, 1.165) is 17.0 Å². The molecule has 4 heteroatoms. The number of hydrogen-bond donors (Lipinski definition) is 1. The molecule has 0 unspecified atom stereocenters. The van der Waals surface area contributed by atoms with Gasteiger partial charge in [0.05, 0.1) is 7.11 Å². The molecule has 2 aromatic rings. The molecule has 2 N–H and O–H groups in total. The van der Waals surface area contributed by atoms with Gasteiger partial charge >= 0.3 is 0 Å². The van der Waals surface area contributed by atoms with Crippen LogP contribution in [0.4, 0.5) is 6.01 Å². The van der Waals surface area contributed by atoms with E-state index >= 15 is 0 Å². The van der Waals surface area contributed by atoms with Gasteiger partial charge in [-0.25, -0.2) is 0 Å². The Kier molecular flexibility index (Phi) is 3.28. The monoisotopic (exact) mass is 246 g/mol. The number of hydrogen-bond acceptors (Lipinski definition) is 4. The molecule has 0 aliphatic rings. The largest absolute Gasteiger partial charge is 0.496 e. The summed E-state index contributed by atoms with van der Waals surface area (Å²) in [5.41, 5.74) is 8.43. The van der Waals surface area contributed by atoms with Gasteiger partial charge in [-0.15, -0.1) is 0 Å². The molecule has 0 aliphatic carbocycles. The summed E-state index contributed by atoms with van der Waals surface area (Å²) in [7, 11) is 1.65. The molecule has 1 aromatic carbocycles. The first-order valence-corrected chi connectivity index (χ1v) is 5.94. The summed E-state index contributed by atoms with van der Waals surface area (Å²) in [4.78, 5) is 4.19. The minimum atomic E-state index is 0.178. The summed E-state index contributed by atoms with van der Waals surface area (Å²) in [6.07, 6.45) is 0. The standard InChI is InChI=1S/C14H18N2O2/c1-8(2)10-5-6-11(12(7-10)17-4)13-9(3)18-14(15)16-13/h5-8H,1-4H3,(H2,15,16). The van der Waals surface area contributed by atoms with Crippen molar-refractivity contribution in [1.82, 2.24) is 4.98 Å². The van der Waals surface area contributed by atoms with E-state index in [0.29, 0.717) is 11.7 Å². The molecular weight excluding hydrogens is 228 g/mol. The first-order valence-electron chi connectivity index (χ1n) is 5.94. The van der Waals surface area contributed by atoms with Gasteiger partial charge in [-0.2, -0.15) is 4.98 Å². The van der Waals surface area contributed by atoms with Crippen molar-refractivity contribution in [3.05, 3.63) is 29.5 Å². The lowest BCUT2D eigenvalue weighted by Gasteiger charge is -2.11. The Bertz CT molecular complexity index is 559. The number of methoxy groups -OCH3 is 1. The quantitative estimate of drug-likeness (QED) is 0.902. The first-order chi connectivity index (χ1) is 8.52. The molecule has 96 valence electrons. The van der Waals surface area contributed by atoms with Crippen molar-refractivity contribution in [2.45, 2.75) is 26.7 Å². The number of rotatable bonds is 3. The van der Waals surface area contributed by atoms with Crippen molar-refractivity contribution in [2.75, 3.05) is 12.8 Å². The van der Waals surface area contributed by atoms with Crippen LogP contribution in [0, 0.1) is 6.92 Å². The molecule has 0 radical (unpaired) electrons. The van der Waals surface area contributed by atoms with Gasteiger partial charge < -0.3 is 14.9 Å². The van der Waals surface area contributed by atoms with Gasteiger partial charge in [0.2, 0.25) is 0 Å². The Morgan fingerprint density at radius 2 is 2.06 bits per heavy atom. The van der Waals surface area contributed by atoms with Crippen molar-refractivity contribution >= 4 is 6.01 Å². The van der Waals surface area contributed by atoms with E-state index in [4.69, 9.17) is 14.9 Å². The third-order valence-electron chi connectivity index (χ3n) is 2.96. The van der Waals surface area contributed by atoms with Gasteiger partial charge in [-0.1, -0.05) is 19.9 Å². The molecule has 0 bridgehead atoms. The second-order valence-corrected chi connectivity index (χ2v) is 4.57. The van der Waals surface area contributed by atoms with Crippen LogP contribution in [-0.4, -0.2) is 12.1 Å². The van der Waals surface area contributed by atoms with Gasteiger partial charge in [0.15, 0.2) is 0 Å². The Morgan fingerprint density at radius 3 is 2.56 bits per heavy atom. The predicted molar refractivity (Wildman–Crippen MR) is 71.7 cm³/mol. The Morgan fingerprint density at radius 1 is 1.33 bits per heavy atom. The molecule has 0 atom stereocenters. The number of aryl methyl sites for hydroxylation is 1.